The van der Waals surface area contributed by atoms with Crippen molar-refractivity contribution in [2.45, 2.75) is 25.4 Å². The average Bonchev–Trinajstić information content (AvgIpc) is 3.13. The number of nitrogens with one attached hydrogen (secondary N) is 1. The van der Waals surface area contributed by atoms with E-state index in [4.69, 9.17) is 0 Å². The number of imidazole rings is 1. The zero-order valence-electron chi connectivity index (χ0n) is 13.2. The van der Waals surface area contributed by atoms with Gasteiger partial charge in [0, 0.05) is 19.4 Å². The predicted octanol–water partition coefficient (Wildman–Crippen LogP) is 1.46. The minimum absolute atomic E-state index is 0.0344. The van der Waals surface area contributed by atoms with Crippen LogP contribution in [-0.4, -0.2) is 25.0 Å². The van der Waals surface area contributed by atoms with E-state index in [-0.39, 0.29) is 24.1 Å². The third kappa shape index (κ3) is 2.73. The van der Waals surface area contributed by atoms with Crippen molar-refractivity contribution >= 4 is 27.5 Å². The summed E-state index contributed by atoms with van der Waals surface area (Å²) in [6.45, 7) is -0.0344. The van der Waals surface area contributed by atoms with Crippen LogP contribution in [0.3, 0.4) is 0 Å². The fourth-order valence-corrected chi connectivity index (χ4v) is 3.66. The van der Waals surface area contributed by atoms with Crippen LogP contribution in [0.4, 0.5) is 0 Å². The van der Waals surface area contributed by atoms with Crippen molar-refractivity contribution < 1.29 is 4.79 Å². The standard InChI is InChI=1S/C16H17N5O2S/c1-20-6-5-17-15(20)13(10-2-3-10)19-12(22)8-21-9-18-11-4-7-24-14(11)16(21)23/h4-7,9-10,13H,2-3,8H2,1H3,(H,19,22)/t13-/m0/s1. The number of fused-ring (bicyclic) bond motifs is 1. The minimum atomic E-state index is -0.199. The number of amides is 1. The maximum absolute atomic E-state index is 12.5. The second kappa shape index (κ2) is 5.86. The summed E-state index contributed by atoms with van der Waals surface area (Å²) in [4.78, 5) is 33.4. The van der Waals surface area contributed by atoms with Crippen molar-refractivity contribution in [3.05, 3.63) is 46.3 Å². The van der Waals surface area contributed by atoms with Crippen LogP contribution < -0.4 is 10.9 Å². The second-order valence-corrected chi connectivity index (χ2v) is 7.01. The molecule has 1 N–H and O–H groups in total. The Morgan fingerprint density at radius 2 is 2.29 bits per heavy atom. The molecule has 7 nitrogen and oxygen atoms in total. The van der Waals surface area contributed by atoms with Gasteiger partial charge in [-0.25, -0.2) is 9.97 Å². The Balaban J connectivity index is 1.54. The lowest BCUT2D eigenvalue weighted by atomic mass is 10.1. The highest BCUT2D eigenvalue weighted by Crippen LogP contribution is 2.40. The highest BCUT2D eigenvalue weighted by molar-refractivity contribution is 7.17. The van der Waals surface area contributed by atoms with Gasteiger partial charge in [-0.2, -0.15) is 0 Å². The van der Waals surface area contributed by atoms with E-state index in [0.29, 0.717) is 16.1 Å². The SMILES string of the molecule is Cn1ccnc1[C@@H](NC(=O)Cn1cnc2ccsc2c1=O)C1CC1. The normalized spacial score (nSPS) is 15.5. The Morgan fingerprint density at radius 1 is 1.46 bits per heavy atom. The Bertz CT molecular complexity index is 953. The molecule has 1 amide bonds. The van der Waals surface area contributed by atoms with Crippen LogP contribution in [-0.2, 0) is 18.4 Å². The number of aromatic nitrogens is 4. The monoisotopic (exact) mass is 343 g/mol. The van der Waals surface area contributed by atoms with Gasteiger partial charge in [-0.3, -0.25) is 14.2 Å². The topological polar surface area (TPSA) is 81.8 Å². The smallest absolute Gasteiger partial charge is 0.271 e. The summed E-state index contributed by atoms with van der Waals surface area (Å²) in [6.07, 6.45) is 7.21. The van der Waals surface area contributed by atoms with Crippen LogP contribution in [0.15, 0.2) is 35.0 Å². The lowest BCUT2D eigenvalue weighted by Gasteiger charge is -2.18. The summed E-state index contributed by atoms with van der Waals surface area (Å²) in [5, 5.41) is 4.86. The molecule has 1 atom stereocenters. The summed E-state index contributed by atoms with van der Waals surface area (Å²) < 4.78 is 3.86. The number of aryl methyl sites for hydroxylation is 1. The van der Waals surface area contributed by atoms with E-state index in [2.05, 4.69) is 15.3 Å². The molecule has 0 spiro atoms. The first-order chi connectivity index (χ1) is 11.6. The largest absolute Gasteiger partial charge is 0.344 e. The van der Waals surface area contributed by atoms with Gasteiger partial charge in [-0.05, 0) is 30.2 Å². The number of carbonyl (C=O) groups excluding carboxylic acids is 1. The van der Waals surface area contributed by atoms with Crippen molar-refractivity contribution in [3.63, 3.8) is 0 Å². The molecular weight excluding hydrogens is 326 g/mol. The van der Waals surface area contributed by atoms with E-state index in [0.717, 1.165) is 18.7 Å². The van der Waals surface area contributed by atoms with Crippen LogP contribution in [0.25, 0.3) is 10.2 Å². The number of rotatable bonds is 5. The molecule has 0 saturated heterocycles. The average molecular weight is 343 g/mol. The fourth-order valence-electron chi connectivity index (χ4n) is 2.86. The Labute approximate surface area is 142 Å². The molecule has 0 bridgehead atoms. The molecule has 3 heterocycles. The van der Waals surface area contributed by atoms with Crippen LogP contribution >= 0.6 is 11.3 Å². The van der Waals surface area contributed by atoms with Crippen LogP contribution in [0, 0.1) is 5.92 Å². The summed E-state index contributed by atoms with van der Waals surface area (Å²) in [5.74, 6) is 1.07. The molecule has 1 fully saturated rings. The van der Waals surface area contributed by atoms with E-state index in [1.807, 2.05) is 23.2 Å². The van der Waals surface area contributed by atoms with E-state index < -0.39 is 0 Å². The van der Waals surface area contributed by atoms with Gasteiger partial charge in [0.25, 0.3) is 5.56 Å². The van der Waals surface area contributed by atoms with Gasteiger partial charge in [0.1, 0.15) is 17.1 Å². The molecule has 124 valence electrons. The zero-order chi connectivity index (χ0) is 16.7. The molecule has 1 saturated carbocycles. The number of thiophene rings is 1. The zero-order valence-corrected chi connectivity index (χ0v) is 14.0. The third-order valence-electron chi connectivity index (χ3n) is 4.30. The number of carbonyl (C=O) groups is 1. The van der Waals surface area contributed by atoms with E-state index in [1.165, 1.54) is 22.2 Å². The van der Waals surface area contributed by atoms with Crippen molar-refractivity contribution in [2.75, 3.05) is 0 Å². The van der Waals surface area contributed by atoms with Crippen molar-refractivity contribution in [1.82, 2.24) is 24.4 Å². The van der Waals surface area contributed by atoms with Crippen molar-refractivity contribution in [2.24, 2.45) is 13.0 Å². The minimum Gasteiger partial charge on any atom is -0.344 e. The molecule has 3 aromatic rings. The molecule has 0 unspecified atom stereocenters. The molecule has 8 heteroatoms. The van der Waals surface area contributed by atoms with E-state index in [1.54, 1.807) is 12.3 Å². The van der Waals surface area contributed by atoms with Crippen molar-refractivity contribution in [3.8, 4) is 0 Å². The van der Waals surface area contributed by atoms with Crippen molar-refractivity contribution in [1.29, 1.82) is 0 Å². The number of hydrogen-bond acceptors (Lipinski definition) is 5. The van der Waals surface area contributed by atoms with E-state index >= 15 is 0 Å². The molecule has 1 aliphatic rings. The highest BCUT2D eigenvalue weighted by Gasteiger charge is 2.35. The summed E-state index contributed by atoms with van der Waals surface area (Å²) in [6, 6.07) is 1.70. The van der Waals surface area contributed by atoms with Crippen LogP contribution in [0.1, 0.15) is 24.7 Å². The van der Waals surface area contributed by atoms with Gasteiger partial charge in [-0.1, -0.05) is 0 Å². The summed E-state index contributed by atoms with van der Waals surface area (Å²) in [5.41, 5.74) is 0.496. The first kappa shape index (κ1) is 15.1. The molecule has 0 radical (unpaired) electrons. The molecule has 4 rings (SSSR count). The molecular formula is C16H17N5O2S. The summed E-state index contributed by atoms with van der Waals surface area (Å²) >= 11 is 1.34. The summed E-state index contributed by atoms with van der Waals surface area (Å²) in [7, 11) is 1.92. The molecule has 0 aliphatic heterocycles. The maximum atomic E-state index is 12.5. The predicted molar refractivity (Wildman–Crippen MR) is 90.7 cm³/mol. The lowest BCUT2D eigenvalue weighted by molar-refractivity contribution is -0.122. The fraction of sp³-hybridized carbons (Fsp3) is 0.375. The number of nitrogens with zero attached hydrogens (tertiary/aromatic N) is 4. The van der Waals surface area contributed by atoms with Crippen LogP contribution in [0.2, 0.25) is 0 Å². The van der Waals surface area contributed by atoms with E-state index in [9.17, 15) is 9.59 Å². The molecule has 0 aromatic carbocycles. The Morgan fingerprint density at radius 3 is 3.00 bits per heavy atom. The molecule has 1 aliphatic carbocycles. The quantitative estimate of drug-likeness (QED) is 0.760. The first-order valence-corrected chi connectivity index (χ1v) is 8.70. The number of hydrogen-bond donors (Lipinski definition) is 1. The highest BCUT2D eigenvalue weighted by atomic mass is 32.1. The lowest BCUT2D eigenvalue weighted by Crippen LogP contribution is -2.36. The molecule has 24 heavy (non-hydrogen) atoms. The molecule has 3 aromatic heterocycles. The third-order valence-corrected chi connectivity index (χ3v) is 5.19. The second-order valence-electron chi connectivity index (χ2n) is 6.09. The van der Waals surface area contributed by atoms with Gasteiger partial charge in [0.05, 0.1) is 17.9 Å². The van der Waals surface area contributed by atoms with Gasteiger partial charge < -0.3 is 9.88 Å². The van der Waals surface area contributed by atoms with Gasteiger partial charge in [0.2, 0.25) is 5.91 Å². The first-order valence-electron chi connectivity index (χ1n) is 7.82. The Kier molecular flexibility index (Phi) is 3.68. The van der Waals surface area contributed by atoms with Gasteiger partial charge in [0.15, 0.2) is 0 Å². The van der Waals surface area contributed by atoms with Crippen LogP contribution in [0.5, 0.6) is 0 Å². The van der Waals surface area contributed by atoms with Gasteiger partial charge in [-0.15, -0.1) is 11.3 Å². The maximum Gasteiger partial charge on any atom is 0.271 e. The Hall–Kier alpha value is -2.48. The van der Waals surface area contributed by atoms with Gasteiger partial charge >= 0.3 is 0 Å².